The second-order valence-electron chi connectivity index (χ2n) is 42.7. The van der Waals surface area contributed by atoms with E-state index in [2.05, 4.69) is 138 Å². The SMILES string of the molecule is CC(=O)Oc1ccccc1C(=O)OCCC(C)CCCC(C)CCCC(C)C.CC(C)CCCC(C)(C)OC(=O)/C=C/c1ccccc1.CC(C)CCCC(C)CCCC(C)CCOC(=O)/C=C/c1ccccc1.CC(C)CCCC(C)CCCC(C)CCOC(=O)c1ccccc1O.CCC(C)CCCC(C)COC(=O)c1ccccc1O.CCC(C)CCCC(C)COC(=O)c1ccccc1OC(C)=O. The van der Waals surface area contributed by atoms with Gasteiger partial charge in [-0.25, -0.2) is 28.8 Å². The zero-order chi connectivity index (χ0) is 106. The molecule has 18 heteroatoms. The number of benzene rings is 6. The molecule has 0 aliphatic heterocycles. The van der Waals surface area contributed by atoms with Crippen LogP contribution in [0.15, 0.2) is 170 Å². The van der Waals surface area contributed by atoms with Crippen molar-refractivity contribution < 1.29 is 86.5 Å². The molecular formula is C124H192O18. The minimum Gasteiger partial charge on any atom is -0.507 e. The molecule has 0 spiro atoms. The van der Waals surface area contributed by atoms with Gasteiger partial charge in [-0.3, -0.25) is 9.59 Å². The molecule has 0 aliphatic carbocycles. The standard InChI is InChI=1S/C24H38O4.C24H38O2.C22H36O3.C19H28O4.C18H26O2.C17H26O3/c1-18(2)10-8-11-19(3)12-9-13-20(4)16-17-27-24(26)22-14-6-7-15-23(22)28-21(5)25;1-20(2)10-8-11-21(3)12-9-13-22(4)18-19-26-24(25)17-16-23-14-6-5-7-15-23;1-17(2)9-7-10-18(3)11-8-12-19(4)15-16-25-22(24)20-13-5-6-14-21(20)23;1-5-14(2)9-8-10-15(3)13-22-19(21)17-11-6-7-12-18(17)23-16(4)20;1-15(2)9-8-14-18(3,4)20-17(19)13-12-16-10-6-5-7-11-16;1-4-13(2)8-7-9-14(3)12-20-17(19)15-10-5-6-11-16(15)18/h6-7,14-15,18-20H,8-13,16-17H2,1-5H3;5-7,14-17,20-22H,8-13,18-19H2,1-4H3;5-6,13-14,17-19,23H,7-12,15-16H2,1-4H3;6-7,11-12,14-15H,5,8-10,13H2,1-4H3;5-7,10-13,15H,8-9,14H2,1-4H3;5-6,10-11,13-14,18H,4,7-9,12H2,1-3H3/b;17-16+;;;13-12+;. The van der Waals surface area contributed by atoms with Gasteiger partial charge in [0.1, 0.15) is 50.9 Å². The first kappa shape index (κ1) is 130. The minimum absolute atomic E-state index is 0.0213. The van der Waals surface area contributed by atoms with Crippen molar-refractivity contribution in [1.82, 2.24) is 0 Å². The molecule has 796 valence electrons. The molecule has 0 radical (unpaired) electrons. The summed E-state index contributed by atoms with van der Waals surface area (Å²) in [6.45, 7) is 53.8. The lowest BCUT2D eigenvalue weighted by atomic mass is 9.93. The monoisotopic (exact) mass is 1970 g/mol. The van der Waals surface area contributed by atoms with Gasteiger partial charge in [-0.15, -0.1) is 0 Å². The number of esters is 8. The fraction of sp³-hybridized carbons (Fsp3) is 0.613. The van der Waals surface area contributed by atoms with E-state index in [9.17, 15) is 48.6 Å². The summed E-state index contributed by atoms with van der Waals surface area (Å²) in [5.41, 5.74) is 2.68. The Kier molecular flexibility index (Phi) is 72.9. The number of carbonyl (C=O) groups excluding carboxylic acids is 8. The Labute approximate surface area is 860 Å². The van der Waals surface area contributed by atoms with Gasteiger partial charge >= 0.3 is 47.8 Å². The summed E-state index contributed by atoms with van der Waals surface area (Å²) in [6.07, 6.45) is 45.0. The van der Waals surface area contributed by atoms with Gasteiger partial charge in [-0.05, 0) is 213 Å². The van der Waals surface area contributed by atoms with Crippen LogP contribution in [0.4, 0.5) is 0 Å². The average molecular weight is 1970 g/mol. The van der Waals surface area contributed by atoms with Gasteiger partial charge < -0.3 is 48.1 Å². The Bertz CT molecular complexity index is 4370. The minimum atomic E-state index is -0.455. The van der Waals surface area contributed by atoms with Crippen LogP contribution >= 0.6 is 0 Å². The Morgan fingerprint density at radius 1 is 0.282 bits per heavy atom. The van der Waals surface area contributed by atoms with Crippen LogP contribution < -0.4 is 9.47 Å². The number of aromatic hydroxyl groups is 2. The third-order valence-electron chi connectivity index (χ3n) is 25.7. The lowest BCUT2D eigenvalue weighted by molar-refractivity contribution is -0.150. The Balaban J connectivity index is 0.000000855. The maximum atomic E-state index is 12.3. The largest absolute Gasteiger partial charge is 0.507 e. The first-order valence-electron chi connectivity index (χ1n) is 54.2. The number of rotatable bonds is 62. The second kappa shape index (κ2) is 79.5. The molecule has 10 unspecified atom stereocenters. The molecule has 2 N–H and O–H groups in total. The molecule has 6 aromatic carbocycles. The predicted octanol–water partition coefficient (Wildman–Crippen LogP) is 33.4. The van der Waals surface area contributed by atoms with E-state index in [4.69, 9.17) is 37.9 Å². The smallest absolute Gasteiger partial charge is 0.341 e. The molecule has 0 aliphatic rings. The molecule has 0 amide bonds. The van der Waals surface area contributed by atoms with Crippen LogP contribution in [0.3, 0.4) is 0 Å². The van der Waals surface area contributed by atoms with E-state index < -0.39 is 41.4 Å². The lowest BCUT2D eigenvalue weighted by Crippen LogP contribution is -2.27. The topological polar surface area (TPSA) is 251 Å². The van der Waals surface area contributed by atoms with Crippen LogP contribution in [-0.2, 0) is 47.6 Å². The molecule has 0 fully saturated rings. The first-order valence-corrected chi connectivity index (χ1v) is 54.2. The van der Waals surface area contributed by atoms with Crippen molar-refractivity contribution in [3.8, 4) is 23.0 Å². The second-order valence-corrected chi connectivity index (χ2v) is 42.7. The fourth-order valence-corrected chi connectivity index (χ4v) is 15.8. The summed E-state index contributed by atoms with van der Waals surface area (Å²) in [4.78, 5) is 94.0. The Hall–Kier alpha value is -9.84. The molecule has 6 rings (SSSR count). The molecule has 0 aromatic heterocycles. The molecule has 0 saturated carbocycles. The highest BCUT2D eigenvalue weighted by Crippen LogP contribution is 2.30. The maximum absolute atomic E-state index is 12.3. The molecular weight excluding hydrogens is 1780 g/mol. The number of phenols is 2. The van der Waals surface area contributed by atoms with Crippen molar-refractivity contribution >= 4 is 59.9 Å². The number of para-hydroxylation sites is 4. The summed E-state index contributed by atoms with van der Waals surface area (Å²) in [5, 5.41) is 19.2. The summed E-state index contributed by atoms with van der Waals surface area (Å²) in [5.74, 6) is 6.71. The van der Waals surface area contributed by atoms with Gasteiger partial charge in [0.05, 0.1) is 33.0 Å². The summed E-state index contributed by atoms with van der Waals surface area (Å²) in [6, 6.07) is 45.8. The van der Waals surface area contributed by atoms with Crippen LogP contribution in [-0.4, -0.2) is 96.6 Å². The van der Waals surface area contributed by atoms with Crippen LogP contribution in [0.2, 0.25) is 0 Å². The maximum Gasteiger partial charge on any atom is 0.341 e. The van der Waals surface area contributed by atoms with Crippen molar-refractivity contribution in [3.05, 3.63) is 203 Å². The third-order valence-corrected chi connectivity index (χ3v) is 25.7. The highest BCUT2D eigenvalue weighted by molar-refractivity contribution is 5.95. The van der Waals surface area contributed by atoms with Gasteiger partial charge in [0, 0.05) is 26.0 Å². The van der Waals surface area contributed by atoms with E-state index in [1.165, 1.54) is 186 Å². The van der Waals surface area contributed by atoms with Crippen LogP contribution in [0.1, 0.15) is 424 Å². The predicted molar refractivity (Wildman–Crippen MR) is 585 cm³/mol. The van der Waals surface area contributed by atoms with Crippen molar-refractivity contribution in [1.29, 1.82) is 0 Å². The van der Waals surface area contributed by atoms with Crippen molar-refractivity contribution in [2.75, 3.05) is 33.0 Å². The van der Waals surface area contributed by atoms with Gasteiger partial charge in [-0.1, -0.05) is 408 Å². The Morgan fingerprint density at radius 3 is 0.859 bits per heavy atom. The quantitative estimate of drug-likeness (QED) is 0.0156. The molecule has 18 nitrogen and oxygen atoms in total. The third kappa shape index (κ3) is 70.0. The lowest BCUT2D eigenvalue weighted by Gasteiger charge is -2.24. The molecule has 6 aromatic rings. The normalized spacial score (nSPS) is 13.3. The number of hydrogen-bond acceptors (Lipinski definition) is 18. The van der Waals surface area contributed by atoms with E-state index in [1.54, 1.807) is 97.1 Å². The van der Waals surface area contributed by atoms with E-state index in [1.807, 2.05) is 74.5 Å². The number of ether oxygens (including phenoxy) is 8. The zero-order valence-corrected chi connectivity index (χ0v) is 92.5. The summed E-state index contributed by atoms with van der Waals surface area (Å²) >= 11 is 0. The van der Waals surface area contributed by atoms with Crippen molar-refractivity contribution in [2.45, 2.75) is 377 Å². The van der Waals surface area contributed by atoms with Crippen LogP contribution in [0, 0.1) is 82.9 Å². The molecule has 142 heavy (non-hydrogen) atoms. The summed E-state index contributed by atoms with van der Waals surface area (Å²) in [7, 11) is 0. The average Bonchev–Trinajstić information content (AvgIpc) is 0.819. The van der Waals surface area contributed by atoms with Crippen molar-refractivity contribution in [2.24, 2.45) is 82.9 Å². The highest BCUT2D eigenvalue weighted by atomic mass is 16.6. The van der Waals surface area contributed by atoms with Crippen LogP contribution in [0.5, 0.6) is 23.0 Å². The van der Waals surface area contributed by atoms with E-state index in [0.29, 0.717) is 74.1 Å². The van der Waals surface area contributed by atoms with Crippen LogP contribution in [0.25, 0.3) is 12.2 Å². The molecule has 0 heterocycles. The van der Waals surface area contributed by atoms with E-state index in [-0.39, 0.29) is 51.6 Å². The Morgan fingerprint density at radius 2 is 0.535 bits per heavy atom. The highest BCUT2D eigenvalue weighted by Gasteiger charge is 2.24. The molecule has 0 saturated heterocycles. The number of hydrogen-bond donors (Lipinski definition) is 2. The van der Waals surface area contributed by atoms with E-state index in [0.717, 1.165) is 116 Å². The van der Waals surface area contributed by atoms with Gasteiger partial charge in [0.25, 0.3) is 0 Å². The fourth-order valence-electron chi connectivity index (χ4n) is 15.8. The van der Waals surface area contributed by atoms with E-state index >= 15 is 0 Å². The molecule has 10 atom stereocenters. The molecule has 0 bridgehead atoms. The van der Waals surface area contributed by atoms with Gasteiger partial charge in [-0.2, -0.15) is 0 Å². The van der Waals surface area contributed by atoms with Gasteiger partial charge in [0.2, 0.25) is 0 Å². The first-order chi connectivity index (χ1) is 67.5. The number of phenolic OH excluding ortho intramolecular Hbond substituents is 2. The van der Waals surface area contributed by atoms with Crippen molar-refractivity contribution in [3.63, 3.8) is 0 Å². The summed E-state index contributed by atoms with van der Waals surface area (Å²) < 4.78 is 42.2. The number of carbonyl (C=O) groups is 8. The van der Waals surface area contributed by atoms with Gasteiger partial charge in [0.15, 0.2) is 0 Å². The zero-order valence-electron chi connectivity index (χ0n) is 92.5.